The first-order chi connectivity index (χ1) is 12.1. The van der Waals surface area contributed by atoms with Gasteiger partial charge in [0.2, 0.25) is 9.70 Å². The van der Waals surface area contributed by atoms with Crippen molar-refractivity contribution in [2.45, 2.75) is 42.6 Å². The molecule has 1 rings (SSSR count). The molecule has 10 heteroatoms. The molecule has 144 valence electrons. The Balaban J connectivity index is 2.65. The maximum Gasteiger partial charge on any atom is 0.335 e. The summed E-state index contributed by atoms with van der Waals surface area (Å²) in [4.78, 5) is 22.8. The fourth-order valence-electron chi connectivity index (χ4n) is 1.96. The van der Waals surface area contributed by atoms with Gasteiger partial charge in [-0.2, -0.15) is 0 Å². The van der Waals surface area contributed by atoms with Crippen LogP contribution in [0.2, 0.25) is 0 Å². The second-order valence-corrected chi connectivity index (χ2v) is 8.26. The normalized spacial score (nSPS) is 12.2. The van der Waals surface area contributed by atoms with Crippen LogP contribution < -0.4 is 16.0 Å². The summed E-state index contributed by atoms with van der Waals surface area (Å²) < 4.78 is -1.82. The number of hydrogen-bond acceptors (Lipinski definition) is 3. The standard InChI is InChI=1S/C16H20Cl3N3O3S/c1-2-3-4-5-12(23)21-14(16(17,18)19)22-15(26)20-11-8-6-10(7-9-11)13(24)25/h6-9,14H,2-5H2,1H3,(H,21,23)(H,24,25)(H2,20,22,26)/t14-/m1/s1. The van der Waals surface area contributed by atoms with Crippen molar-refractivity contribution in [2.75, 3.05) is 5.32 Å². The number of alkyl halides is 3. The van der Waals surface area contributed by atoms with Crippen molar-refractivity contribution >= 4 is 69.7 Å². The molecule has 0 aliphatic heterocycles. The first kappa shape index (κ1) is 22.8. The van der Waals surface area contributed by atoms with Gasteiger partial charge in [-0.05, 0) is 42.9 Å². The molecule has 0 aliphatic rings. The van der Waals surface area contributed by atoms with Gasteiger partial charge in [0.25, 0.3) is 0 Å². The minimum Gasteiger partial charge on any atom is -0.478 e. The molecule has 1 atom stereocenters. The molecule has 1 aromatic carbocycles. The van der Waals surface area contributed by atoms with Crippen molar-refractivity contribution in [2.24, 2.45) is 0 Å². The summed E-state index contributed by atoms with van der Waals surface area (Å²) in [6.45, 7) is 2.04. The number of carbonyl (C=O) groups is 2. The molecule has 26 heavy (non-hydrogen) atoms. The van der Waals surface area contributed by atoms with Crippen molar-refractivity contribution in [3.05, 3.63) is 29.8 Å². The number of rotatable bonds is 8. The fourth-order valence-corrected chi connectivity index (χ4v) is 2.53. The molecule has 0 radical (unpaired) electrons. The van der Waals surface area contributed by atoms with Crippen LogP contribution in [-0.2, 0) is 4.79 Å². The van der Waals surface area contributed by atoms with E-state index in [0.717, 1.165) is 19.3 Å². The van der Waals surface area contributed by atoms with Gasteiger partial charge in [-0.25, -0.2) is 4.79 Å². The van der Waals surface area contributed by atoms with E-state index < -0.39 is 15.9 Å². The van der Waals surface area contributed by atoms with Crippen LogP contribution in [0.15, 0.2) is 24.3 Å². The first-order valence-corrected chi connectivity index (χ1v) is 9.44. The molecule has 0 aromatic heterocycles. The van der Waals surface area contributed by atoms with Crippen LogP contribution in [-0.4, -0.2) is 32.1 Å². The highest BCUT2D eigenvalue weighted by atomic mass is 35.6. The second kappa shape index (κ2) is 10.8. The third-order valence-corrected chi connectivity index (χ3v) is 4.18. The Labute approximate surface area is 172 Å². The summed E-state index contributed by atoms with van der Waals surface area (Å²) in [5.74, 6) is -1.28. The molecular weight excluding hydrogens is 421 g/mol. The van der Waals surface area contributed by atoms with Crippen LogP contribution in [0, 0.1) is 0 Å². The van der Waals surface area contributed by atoms with Gasteiger partial charge in [-0.3, -0.25) is 4.79 Å². The molecule has 0 saturated carbocycles. The van der Waals surface area contributed by atoms with Crippen LogP contribution in [0.5, 0.6) is 0 Å². The van der Waals surface area contributed by atoms with Crippen LogP contribution in [0.1, 0.15) is 43.0 Å². The lowest BCUT2D eigenvalue weighted by Crippen LogP contribution is -2.56. The third-order valence-electron chi connectivity index (χ3n) is 3.31. The number of nitrogens with one attached hydrogen (secondary N) is 3. The number of benzene rings is 1. The number of unbranched alkanes of at least 4 members (excludes halogenated alkanes) is 2. The van der Waals surface area contributed by atoms with Crippen LogP contribution in [0.4, 0.5) is 5.69 Å². The Morgan fingerprint density at radius 1 is 1.15 bits per heavy atom. The summed E-state index contributed by atoms with van der Waals surface area (Å²) in [6, 6.07) is 5.95. The number of amides is 1. The highest BCUT2D eigenvalue weighted by Gasteiger charge is 2.34. The van der Waals surface area contributed by atoms with Crippen molar-refractivity contribution in [3.63, 3.8) is 0 Å². The number of carbonyl (C=O) groups excluding carboxylic acids is 1. The Bertz CT molecular complexity index is 636. The van der Waals surface area contributed by atoms with E-state index in [0.29, 0.717) is 12.1 Å². The third kappa shape index (κ3) is 8.40. The van der Waals surface area contributed by atoms with Gasteiger partial charge in [0, 0.05) is 12.1 Å². The average molecular weight is 441 g/mol. The molecule has 0 heterocycles. The highest BCUT2D eigenvalue weighted by molar-refractivity contribution is 7.80. The Morgan fingerprint density at radius 2 is 1.77 bits per heavy atom. The van der Waals surface area contributed by atoms with Gasteiger partial charge in [0.1, 0.15) is 6.17 Å². The van der Waals surface area contributed by atoms with E-state index in [-0.39, 0.29) is 16.6 Å². The maximum atomic E-state index is 12.0. The van der Waals surface area contributed by atoms with E-state index >= 15 is 0 Å². The molecular formula is C16H20Cl3N3O3S. The fraction of sp³-hybridized carbons (Fsp3) is 0.438. The number of halogens is 3. The van der Waals surface area contributed by atoms with Crippen molar-refractivity contribution < 1.29 is 14.7 Å². The van der Waals surface area contributed by atoms with Gasteiger partial charge in [0.15, 0.2) is 5.11 Å². The first-order valence-electron chi connectivity index (χ1n) is 7.90. The minimum absolute atomic E-state index is 0.109. The molecule has 1 aromatic rings. The van der Waals surface area contributed by atoms with Gasteiger partial charge < -0.3 is 21.1 Å². The van der Waals surface area contributed by atoms with Crippen molar-refractivity contribution in [3.8, 4) is 0 Å². The van der Waals surface area contributed by atoms with Crippen molar-refractivity contribution in [1.29, 1.82) is 0 Å². The number of hydrogen-bond donors (Lipinski definition) is 4. The molecule has 0 fully saturated rings. The van der Waals surface area contributed by atoms with Gasteiger partial charge in [-0.15, -0.1) is 0 Å². The topological polar surface area (TPSA) is 90.5 Å². The molecule has 0 aliphatic carbocycles. The molecule has 0 spiro atoms. The van der Waals surface area contributed by atoms with E-state index in [1.165, 1.54) is 12.1 Å². The average Bonchev–Trinajstić information content (AvgIpc) is 2.54. The zero-order chi connectivity index (χ0) is 19.7. The maximum absolute atomic E-state index is 12.0. The number of anilines is 1. The van der Waals surface area contributed by atoms with Crippen LogP contribution in [0.25, 0.3) is 0 Å². The molecule has 0 unspecified atom stereocenters. The van der Waals surface area contributed by atoms with Gasteiger partial charge >= 0.3 is 5.97 Å². The zero-order valence-electron chi connectivity index (χ0n) is 14.0. The zero-order valence-corrected chi connectivity index (χ0v) is 17.1. The SMILES string of the molecule is CCCCCC(=O)N[C@H](NC(=S)Nc1ccc(C(=O)O)cc1)C(Cl)(Cl)Cl. The number of carboxylic acid groups (broad SMARTS) is 1. The Morgan fingerprint density at radius 3 is 2.27 bits per heavy atom. The quantitative estimate of drug-likeness (QED) is 0.211. The van der Waals surface area contributed by atoms with E-state index in [4.69, 9.17) is 52.1 Å². The summed E-state index contributed by atoms with van der Waals surface area (Å²) in [6.07, 6.45) is 1.97. The Hall–Kier alpha value is -1.28. The molecule has 0 bridgehead atoms. The molecule has 1 amide bonds. The number of thiocarbonyl (C=S) groups is 1. The van der Waals surface area contributed by atoms with Gasteiger partial charge in [-0.1, -0.05) is 54.6 Å². The molecule has 4 N–H and O–H groups in total. The molecule has 0 saturated heterocycles. The smallest absolute Gasteiger partial charge is 0.335 e. The number of aromatic carboxylic acids is 1. The minimum atomic E-state index is -1.82. The summed E-state index contributed by atoms with van der Waals surface area (Å²) in [7, 11) is 0. The molecule has 6 nitrogen and oxygen atoms in total. The Kier molecular flexibility index (Phi) is 9.43. The van der Waals surface area contributed by atoms with E-state index in [1.807, 2.05) is 6.92 Å². The van der Waals surface area contributed by atoms with Crippen LogP contribution >= 0.6 is 47.0 Å². The van der Waals surface area contributed by atoms with Gasteiger partial charge in [0.05, 0.1) is 5.56 Å². The lowest BCUT2D eigenvalue weighted by atomic mass is 10.2. The monoisotopic (exact) mass is 439 g/mol. The summed E-state index contributed by atoms with van der Waals surface area (Å²) >= 11 is 22.9. The highest BCUT2D eigenvalue weighted by Crippen LogP contribution is 2.29. The summed E-state index contributed by atoms with van der Waals surface area (Å²) in [5.41, 5.74) is 0.692. The van der Waals surface area contributed by atoms with E-state index in [2.05, 4.69) is 16.0 Å². The lowest BCUT2D eigenvalue weighted by Gasteiger charge is -2.27. The predicted octanol–water partition coefficient (Wildman–Crippen LogP) is 4.06. The van der Waals surface area contributed by atoms with E-state index in [9.17, 15) is 9.59 Å². The lowest BCUT2D eigenvalue weighted by molar-refractivity contribution is -0.122. The largest absolute Gasteiger partial charge is 0.478 e. The van der Waals surface area contributed by atoms with Crippen molar-refractivity contribution in [1.82, 2.24) is 10.6 Å². The predicted molar refractivity (Wildman–Crippen MR) is 109 cm³/mol. The second-order valence-electron chi connectivity index (χ2n) is 5.48. The van der Waals surface area contributed by atoms with E-state index in [1.54, 1.807) is 12.1 Å². The summed E-state index contributed by atoms with van der Waals surface area (Å²) in [5, 5.41) is 17.2. The number of carboxylic acids is 1. The van der Waals surface area contributed by atoms with Crippen LogP contribution in [0.3, 0.4) is 0 Å².